The molecule has 1 amide bonds. The number of ether oxygens (including phenoxy) is 1. The zero-order valence-corrected chi connectivity index (χ0v) is 12.2. The number of carbonyl (C=O) groups excluding carboxylic acids is 2. The van der Waals surface area contributed by atoms with Gasteiger partial charge in [0.1, 0.15) is 19.0 Å². The molecule has 2 N–H and O–H groups in total. The molecule has 2 aliphatic heterocycles. The minimum atomic E-state index is -0.328. The van der Waals surface area contributed by atoms with Gasteiger partial charge >= 0.3 is 5.97 Å². The standard InChI is InChI=1S/C16H20N2O3/c1-2-21-15(19)9-13-16(20)18-8-7-11-5-3-4-6-12(11)14(18)10-17-13/h3-6,13-14,17H,2,7-10H2,1H3/p+1/t13-,14-/m0/s1. The number of piperazine rings is 1. The van der Waals surface area contributed by atoms with E-state index < -0.39 is 0 Å². The Balaban J connectivity index is 1.74. The fourth-order valence-electron chi connectivity index (χ4n) is 3.35. The normalized spacial score (nSPS) is 24.2. The maximum atomic E-state index is 12.6. The van der Waals surface area contributed by atoms with Gasteiger partial charge in [-0.15, -0.1) is 0 Å². The van der Waals surface area contributed by atoms with Crippen molar-refractivity contribution in [3.8, 4) is 0 Å². The highest BCUT2D eigenvalue weighted by molar-refractivity contribution is 5.86. The third-order valence-corrected chi connectivity index (χ3v) is 4.35. The number of quaternary nitrogens is 1. The highest BCUT2D eigenvalue weighted by Gasteiger charge is 2.42. The van der Waals surface area contributed by atoms with Gasteiger partial charge in [0.15, 0.2) is 6.04 Å². The van der Waals surface area contributed by atoms with Crippen molar-refractivity contribution < 1.29 is 19.6 Å². The zero-order valence-electron chi connectivity index (χ0n) is 12.2. The molecule has 0 aromatic heterocycles. The fraction of sp³-hybridized carbons (Fsp3) is 0.500. The lowest BCUT2D eigenvalue weighted by Crippen LogP contribution is -2.97. The van der Waals surface area contributed by atoms with Crippen molar-refractivity contribution in [2.75, 3.05) is 19.7 Å². The second kappa shape index (κ2) is 5.85. The molecule has 3 rings (SSSR count). The molecule has 0 bridgehead atoms. The first kappa shape index (κ1) is 14.1. The molecule has 1 fully saturated rings. The number of benzene rings is 1. The van der Waals surface area contributed by atoms with E-state index in [1.807, 2.05) is 22.3 Å². The lowest BCUT2D eigenvalue weighted by molar-refractivity contribution is -0.688. The summed E-state index contributed by atoms with van der Waals surface area (Å²) in [6.45, 7) is 3.70. The predicted molar refractivity (Wildman–Crippen MR) is 76.4 cm³/mol. The number of hydrogen-bond acceptors (Lipinski definition) is 3. The molecule has 2 heterocycles. The van der Waals surface area contributed by atoms with Gasteiger partial charge in [-0.1, -0.05) is 24.3 Å². The van der Waals surface area contributed by atoms with Gasteiger partial charge in [-0.3, -0.25) is 9.59 Å². The Labute approximate surface area is 124 Å². The van der Waals surface area contributed by atoms with E-state index in [0.29, 0.717) is 6.61 Å². The Bertz CT molecular complexity index is 558. The largest absolute Gasteiger partial charge is 0.466 e. The summed E-state index contributed by atoms with van der Waals surface area (Å²) in [7, 11) is 0. The summed E-state index contributed by atoms with van der Waals surface area (Å²) in [6, 6.07) is 8.14. The summed E-state index contributed by atoms with van der Waals surface area (Å²) in [4.78, 5) is 26.1. The minimum absolute atomic E-state index is 0.0637. The fourth-order valence-corrected chi connectivity index (χ4v) is 3.35. The Hall–Kier alpha value is -1.88. The molecular weight excluding hydrogens is 268 g/mol. The van der Waals surface area contributed by atoms with Crippen molar-refractivity contribution in [3.05, 3.63) is 35.4 Å². The van der Waals surface area contributed by atoms with Gasteiger partial charge in [0.25, 0.3) is 5.91 Å². The molecule has 2 aliphatic rings. The van der Waals surface area contributed by atoms with Gasteiger partial charge in [0.2, 0.25) is 0 Å². The first-order valence-corrected chi connectivity index (χ1v) is 7.58. The predicted octanol–water partition coefficient (Wildman–Crippen LogP) is 0.0112. The lowest BCUT2D eigenvalue weighted by Gasteiger charge is -2.41. The van der Waals surface area contributed by atoms with Gasteiger partial charge in [0.05, 0.1) is 6.61 Å². The van der Waals surface area contributed by atoms with Crippen molar-refractivity contribution in [2.45, 2.75) is 31.8 Å². The monoisotopic (exact) mass is 289 g/mol. The van der Waals surface area contributed by atoms with Gasteiger partial charge in [-0.25, -0.2) is 0 Å². The van der Waals surface area contributed by atoms with Crippen LogP contribution in [0.3, 0.4) is 0 Å². The number of carbonyl (C=O) groups is 2. The van der Waals surface area contributed by atoms with Crippen molar-refractivity contribution in [1.29, 1.82) is 0 Å². The zero-order chi connectivity index (χ0) is 14.8. The van der Waals surface area contributed by atoms with Crippen LogP contribution in [-0.2, 0) is 20.7 Å². The van der Waals surface area contributed by atoms with E-state index in [0.717, 1.165) is 19.5 Å². The molecule has 1 aromatic carbocycles. The molecule has 112 valence electrons. The van der Waals surface area contributed by atoms with E-state index in [1.165, 1.54) is 11.1 Å². The van der Waals surface area contributed by atoms with E-state index in [4.69, 9.17) is 4.74 Å². The summed E-state index contributed by atoms with van der Waals surface area (Å²) < 4.78 is 4.96. The molecule has 2 atom stereocenters. The Morgan fingerprint density at radius 2 is 2.24 bits per heavy atom. The Morgan fingerprint density at radius 1 is 1.43 bits per heavy atom. The van der Waals surface area contributed by atoms with Crippen LogP contribution >= 0.6 is 0 Å². The first-order valence-electron chi connectivity index (χ1n) is 7.58. The Morgan fingerprint density at radius 3 is 3.05 bits per heavy atom. The average molecular weight is 289 g/mol. The second-order valence-corrected chi connectivity index (χ2v) is 5.58. The van der Waals surface area contributed by atoms with E-state index >= 15 is 0 Å². The number of nitrogens with two attached hydrogens (primary N) is 1. The van der Waals surface area contributed by atoms with E-state index in [2.05, 4.69) is 12.1 Å². The SMILES string of the molecule is CCOC(=O)C[C@@H]1[NH2+]C[C@H]2c3ccccc3CCN2C1=O. The van der Waals surface area contributed by atoms with Crippen molar-refractivity contribution in [2.24, 2.45) is 0 Å². The number of hydrogen-bond donors (Lipinski definition) is 1. The van der Waals surface area contributed by atoms with Gasteiger partial charge < -0.3 is 15.0 Å². The second-order valence-electron chi connectivity index (χ2n) is 5.58. The van der Waals surface area contributed by atoms with Crippen LogP contribution < -0.4 is 5.32 Å². The maximum Gasteiger partial charge on any atom is 0.312 e. The van der Waals surface area contributed by atoms with E-state index in [9.17, 15) is 9.59 Å². The van der Waals surface area contributed by atoms with Crippen LogP contribution in [-0.4, -0.2) is 42.5 Å². The number of rotatable bonds is 3. The van der Waals surface area contributed by atoms with Crippen molar-refractivity contribution >= 4 is 11.9 Å². The number of amides is 1. The highest BCUT2D eigenvalue weighted by Crippen LogP contribution is 2.30. The third-order valence-electron chi connectivity index (χ3n) is 4.35. The van der Waals surface area contributed by atoms with Gasteiger partial charge in [-0.2, -0.15) is 0 Å². The summed E-state index contributed by atoms with van der Waals surface area (Å²) in [5.74, 6) is -0.225. The highest BCUT2D eigenvalue weighted by atomic mass is 16.5. The summed E-state index contributed by atoms with van der Waals surface area (Å²) in [5.41, 5.74) is 2.59. The molecule has 0 spiro atoms. The minimum Gasteiger partial charge on any atom is -0.466 e. The van der Waals surface area contributed by atoms with Crippen LogP contribution in [0.1, 0.15) is 30.5 Å². The molecule has 1 aromatic rings. The molecule has 0 saturated carbocycles. The smallest absolute Gasteiger partial charge is 0.312 e. The molecule has 5 heteroatoms. The molecular formula is C16H21N2O3+. The molecule has 0 radical (unpaired) electrons. The first-order chi connectivity index (χ1) is 10.2. The molecule has 21 heavy (non-hydrogen) atoms. The van der Waals surface area contributed by atoms with E-state index in [-0.39, 0.29) is 30.4 Å². The third kappa shape index (κ3) is 2.65. The molecule has 0 aliphatic carbocycles. The maximum absolute atomic E-state index is 12.6. The van der Waals surface area contributed by atoms with Gasteiger partial charge in [-0.05, 0) is 24.5 Å². The summed E-state index contributed by atoms with van der Waals surface area (Å²) in [6.07, 6.45) is 1.06. The summed E-state index contributed by atoms with van der Waals surface area (Å²) >= 11 is 0. The van der Waals surface area contributed by atoms with Crippen molar-refractivity contribution in [1.82, 2.24) is 4.90 Å². The molecule has 1 saturated heterocycles. The Kier molecular flexibility index (Phi) is 3.92. The van der Waals surface area contributed by atoms with Crippen LogP contribution in [0.4, 0.5) is 0 Å². The molecule has 5 nitrogen and oxygen atoms in total. The summed E-state index contributed by atoms with van der Waals surface area (Å²) in [5, 5.41) is 1.99. The van der Waals surface area contributed by atoms with Crippen molar-refractivity contribution in [3.63, 3.8) is 0 Å². The number of fused-ring (bicyclic) bond motifs is 3. The quantitative estimate of drug-likeness (QED) is 0.797. The topological polar surface area (TPSA) is 63.2 Å². The van der Waals surface area contributed by atoms with Crippen LogP contribution in [0.5, 0.6) is 0 Å². The average Bonchev–Trinajstić information content (AvgIpc) is 2.50. The number of nitrogens with zero attached hydrogens (tertiary/aromatic N) is 1. The molecule has 0 unspecified atom stereocenters. The van der Waals surface area contributed by atoms with Crippen LogP contribution in [0.15, 0.2) is 24.3 Å². The lowest BCUT2D eigenvalue weighted by atomic mass is 9.90. The number of esters is 1. The van der Waals surface area contributed by atoms with Crippen LogP contribution in [0, 0.1) is 0 Å². The van der Waals surface area contributed by atoms with Crippen LogP contribution in [0.25, 0.3) is 0 Å². The van der Waals surface area contributed by atoms with E-state index in [1.54, 1.807) is 6.92 Å². The van der Waals surface area contributed by atoms with Crippen LogP contribution in [0.2, 0.25) is 0 Å². The van der Waals surface area contributed by atoms with Gasteiger partial charge in [0, 0.05) is 6.54 Å².